The Morgan fingerprint density at radius 1 is 1.21 bits per heavy atom. The molecule has 0 fully saturated rings. The van der Waals surface area contributed by atoms with Crippen LogP contribution in [0, 0.1) is 0 Å². The van der Waals surface area contributed by atoms with Gasteiger partial charge in [0.15, 0.2) is 5.13 Å². The number of hydrogen-bond acceptors (Lipinski definition) is 6. The molecule has 0 aliphatic carbocycles. The van der Waals surface area contributed by atoms with E-state index in [1.54, 1.807) is 18.2 Å². The number of benzene rings is 1. The van der Waals surface area contributed by atoms with Gasteiger partial charge in [0.05, 0.1) is 10.2 Å². The molecule has 19 heavy (non-hydrogen) atoms. The van der Waals surface area contributed by atoms with E-state index in [-0.39, 0.29) is 5.89 Å². The minimum Gasteiger partial charge on any atom is -0.375 e. The van der Waals surface area contributed by atoms with Gasteiger partial charge in [-0.25, -0.2) is 4.98 Å². The molecule has 0 aliphatic rings. The predicted molar refractivity (Wildman–Crippen MR) is 62.3 cm³/mol. The summed E-state index contributed by atoms with van der Waals surface area (Å²) in [6.45, 7) is 0. The smallest absolute Gasteiger partial charge is 0.375 e. The van der Waals surface area contributed by atoms with Crippen molar-refractivity contribution in [1.29, 1.82) is 0 Å². The minimum atomic E-state index is -4.62. The Labute approximate surface area is 107 Å². The number of halogens is 3. The number of alkyl halides is 3. The van der Waals surface area contributed by atoms with Crippen molar-refractivity contribution in [2.75, 3.05) is 5.73 Å². The van der Waals surface area contributed by atoms with Crippen LogP contribution in [-0.2, 0) is 6.18 Å². The first kappa shape index (κ1) is 11.9. The van der Waals surface area contributed by atoms with Crippen LogP contribution in [0.3, 0.4) is 0 Å². The normalized spacial score (nSPS) is 12.2. The lowest BCUT2D eigenvalue weighted by molar-refractivity contribution is -0.146. The van der Waals surface area contributed by atoms with E-state index in [0.717, 1.165) is 4.70 Å². The lowest BCUT2D eigenvalue weighted by Crippen LogP contribution is -2.07. The molecule has 0 amide bonds. The zero-order valence-corrected chi connectivity index (χ0v) is 9.92. The average molecular weight is 286 g/mol. The van der Waals surface area contributed by atoms with Gasteiger partial charge in [-0.15, -0.1) is 0 Å². The largest absolute Gasteiger partial charge is 0.455 e. The number of rotatable bonds is 1. The molecule has 98 valence electrons. The third-order valence-electron chi connectivity index (χ3n) is 2.33. The Morgan fingerprint density at radius 3 is 2.68 bits per heavy atom. The van der Waals surface area contributed by atoms with Gasteiger partial charge in [-0.1, -0.05) is 16.5 Å². The Balaban J connectivity index is 2.06. The molecule has 9 heteroatoms. The number of fused-ring (bicyclic) bond motifs is 1. The molecule has 0 aliphatic heterocycles. The van der Waals surface area contributed by atoms with Crippen LogP contribution in [0.5, 0.6) is 0 Å². The maximum absolute atomic E-state index is 12.4. The third kappa shape index (κ3) is 2.12. The number of nitrogens with two attached hydrogens (primary N) is 1. The van der Waals surface area contributed by atoms with Crippen LogP contribution in [0.15, 0.2) is 22.7 Å². The van der Waals surface area contributed by atoms with Gasteiger partial charge in [0.25, 0.3) is 11.7 Å². The summed E-state index contributed by atoms with van der Waals surface area (Å²) in [5, 5.41) is 3.28. The summed E-state index contributed by atoms with van der Waals surface area (Å²) in [5.74, 6) is -1.49. The van der Waals surface area contributed by atoms with Gasteiger partial charge in [0.1, 0.15) is 0 Å². The fourth-order valence-electron chi connectivity index (χ4n) is 1.53. The van der Waals surface area contributed by atoms with Crippen LogP contribution in [0.25, 0.3) is 21.7 Å². The molecule has 0 radical (unpaired) electrons. The van der Waals surface area contributed by atoms with Crippen LogP contribution in [0.1, 0.15) is 5.82 Å². The zero-order valence-electron chi connectivity index (χ0n) is 9.10. The molecular weight excluding hydrogens is 281 g/mol. The van der Waals surface area contributed by atoms with Crippen molar-refractivity contribution in [3.8, 4) is 11.5 Å². The van der Waals surface area contributed by atoms with E-state index in [0.29, 0.717) is 16.2 Å². The molecule has 0 unspecified atom stereocenters. The second-order valence-corrected chi connectivity index (χ2v) is 4.72. The second-order valence-electron chi connectivity index (χ2n) is 3.66. The molecule has 0 atom stereocenters. The topological polar surface area (TPSA) is 77.8 Å². The highest BCUT2D eigenvalue weighted by Crippen LogP contribution is 2.31. The molecule has 0 spiro atoms. The highest BCUT2D eigenvalue weighted by atomic mass is 32.1. The Kier molecular flexibility index (Phi) is 2.45. The fourth-order valence-corrected chi connectivity index (χ4v) is 2.30. The van der Waals surface area contributed by atoms with E-state index in [4.69, 9.17) is 5.73 Å². The summed E-state index contributed by atoms with van der Waals surface area (Å²) in [6.07, 6.45) is -4.62. The summed E-state index contributed by atoms with van der Waals surface area (Å²) in [7, 11) is 0. The standard InChI is InChI=1S/C10H5F3N4OS/c11-10(12,13)8-16-7(18-17-8)4-1-2-5-6(3-4)19-9(14)15-5/h1-3H,(H2,14,15). The molecule has 0 bridgehead atoms. The number of hydrogen-bond donors (Lipinski definition) is 1. The van der Waals surface area contributed by atoms with Gasteiger partial charge in [-0.05, 0) is 18.2 Å². The van der Waals surface area contributed by atoms with Crippen LogP contribution in [0.2, 0.25) is 0 Å². The van der Waals surface area contributed by atoms with Crippen molar-refractivity contribution in [2.45, 2.75) is 6.18 Å². The van der Waals surface area contributed by atoms with E-state index in [1.165, 1.54) is 11.3 Å². The molecule has 1 aromatic carbocycles. The lowest BCUT2D eigenvalue weighted by Gasteiger charge is -1.96. The SMILES string of the molecule is Nc1nc2ccc(-c3nc(C(F)(F)F)no3)cc2s1. The molecule has 3 aromatic rings. The summed E-state index contributed by atoms with van der Waals surface area (Å²) in [4.78, 5) is 7.36. The summed E-state index contributed by atoms with van der Waals surface area (Å²) in [6, 6.07) is 4.79. The summed E-state index contributed by atoms with van der Waals surface area (Å²) >= 11 is 1.23. The van der Waals surface area contributed by atoms with E-state index in [9.17, 15) is 13.2 Å². The first-order valence-corrected chi connectivity index (χ1v) is 5.82. The van der Waals surface area contributed by atoms with Gasteiger partial charge in [0.2, 0.25) is 0 Å². The molecule has 5 nitrogen and oxygen atoms in total. The van der Waals surface area contributed by atoms with E-state index in [2.05, 4.69) is 19.6 Å². The van der Waals surface area contributed by atoms with E-state index in [1.807, 2.05) is 0 Å². The first-order chi connectivity index (χ1) is 8.93. The van der Waals surface area contributed by atoms with Crippen LogP contribution in [0.4, 0.5) is 18.3 Å². The van der Waals surface area contributed by atoms with Gasteiger partial charge < -0.3 is 10.3 Å². The summed E-state index contributed by atoms with van der Waals surface area (Å²) < 4.78 is 42.4. The maximum Gasteiger partial charge on any atom is 0.455 e. The predicted octanol–water partition coefficient (Wildman–Crippen LogP) is 2.95. The minimum absolute atomic E-state index is 0.193. The molecule has 2 N–H and O–H groups in total. The van der Waals surface area contributed by atoms with Crippen molar-refractivity contribution in [2.24, 2.45) is 0 Å². The van der Waals surface area contributed by atoms with Gasteiger partial charge in [0, 0.05) is 5.56 Å². The second kappa shape index (κ2) is 3.92. The monoisotopic (exact) mass is 286 g/mol. The zero-order chi connectivity index (χ0) is 13.6. The van der Waals surface area contributed by atoms with Crippen molar-refractivity contribution in [1.82, 2.24) is 15.1 Å². The molecule has 0 saturated heterocycles. The number of nitrogen functional groups attached to an aromatic ring is 1. The van der Waals surface area contributed by atoms with Crippen LogP contribution >= 0.6 is 11.3 Å². The first-order valence-electron chi connectivity index (χ1n) is 5.01. The number of aromatic nitrogens is 3. The molecule has 0 saturated carbocycles. The molecule has 3 rings (SSSR count). The van der Waals surface area contributed by atoms with E-state index < -0.39 is 12.0 Å². The quantitative estimate of drug-likeness (QED) is 0.744. The number of anilines is 1. The Morgan fingerprint density at radius 2 is 2.00 bits per heavy atom. The van der Waals surface area contributed by atoms with E-state index >= 15 is 0 Å². The highest BCUT2D eigenvalue weighted by Gasteiger charge is 2.37. The maximum atomic E-state index is 12.4. The number of nitrogens with zero attached hydrogens (tertiary/aromatic N) is 3. The number of thiazole rings is 1. The Bertz CT molecular complexity index is 749. The van der Waals surface area contributed by atoms with Gasteiger partial charge >= 0.3 is 6.18 Å². The van der Waals surface area contributed by atoms with Gasteiger partial charge in [-0.2, -0.15) is 18.2 Å². The average Bonchev–Trinajstić information content (AvgIpc) is 2.90. The Hall–Kier alpha value is -2.16. The molecule has 2 heterocycles. The molecule has 2 aromatic heterocycles. The van der Waals surface area contributed by atoms with Crippen molar-refractivity contribution < 1.29 is 17.7 Å². The van der Waals surface area contributed by atoms with Crippen molar-refractivity contribution >= 4 is 26.7 Å². The fraction of sp³-hybridized carbons (Fsp3) is 0.100. The summed E-state index contributed by atoms with van der Waals surface area (Å²) in [5.41, 5.74) is 6.60. The van der Waals surface area contributed by atoms with Crippen molar-refractivity contribution in [3.05, 3.63) is 24.0 Å². The van der Waals surface area contributed by atoms with Gasteiger partial charge in [-0.3, -0.25) is 0 Å². The lowest BCUT2D eigenvalue weighted by atomic mass is 10.2. The van der Waals surface area contributed by atoms with Crippen LogP contribution < -0.4 is 5.73 Å². The van der Waals surface area contributed by atoms with Crippen molar-refractivity contribution in [3.63, 3.8) is 0 Å². The van der Waals surface area contributed by atoms with Crippen LogP contribution in [-0.4, -0.2) is 15.1 Å². The molecular formula is C10H5F3N4OS. The third-order valence-corrected chi connectivity index (χ3v) is 3.18. The highest BCUT2D eigenvalue weighted by molar-refractivity contribution is 7.22.